The summed E-state index contributed by atoms with van der Waals surface area (Å²) in [5.41, 5.74) is 0.941. The number of rotatable bonds is 7. The first kappa shape index (κ1) is 15.7. The van der Waals surface area contributed by atoms with Gasteiger partial charge in [0.15, 0.2) is 0 Å². The normalized spacial score (nSPS) is 13.5. The summed E-state index contributed by atoms with van der Waals surface area (Å²) in [4.78, 5) is 7.06. The van der Waals surface area contributed by atoms with Crippen LogP contribution in [0.1, 0.15) is 30.8 Å². The molecule has 0 spiro atoms. The van der Waals surface area contributed by atoms with Crippen LogP contribution < -0.4 is 4.72 Å². The minimum absolute atomic E-state index is 0.324. The molecule has 1 unspecified atom stereocenters. The molecular formula is C14H20N4O2S. The van der Waals surface area contributed by atoms with E-state index < -0.39 is 10.2 Å². The van der Waals surface area contributed by atoms with Crippen LogP contribution in [0, 0.1) is 0 Å². The maximum Gasteiger partial charge on any atom is 0.280 e. The van der Waals surface area contributed by atoms with Crippen LogP contribution >= 0.6 is 0 Å². The molecule has 1 aromatic heterocycles. The lowest BCUT2D eigenvalue weighted by atomic mass is 10.2. The third-order valence-electron chi connectivity index (χ3n) is 3.21. The zero-order valence-corrected chi connectivity index (χ0v) is 13.0. The first-order valence-corrected chi connectivity index (χ1v) is 8.23. The maximum atomic E-state index is 12.4. The summed E-state index contributed by atoms with van der Waals surface area (Å²) in [6, 6.07) is 9.12. The summed E-state index contributed by atoms with van der Waals surface area (Å²) in [6.07, 6.45) is 3.91. The quantitative estimate of drug-likeness (QED) is 0.819. The molecule has 1 aromatic carbocycles. The summed E-state index contributed by atoms with van der Waals surface area (Å²) in [5, 5.41) is 0. The largest absolute Gasteiger partial charge is 0.347 e. The lowest BCUT2D eigenvalue weighted by Crippen LogP contribution is -2.40. The van der Waals surface area contributed by atoms with E-state index in [2.05, 4.69) is 14.7 Å². The van der Waals surface area contributed by atoms with Gasteiger partial charge in [0.05, 0.1) is 6.04 Å². The molecule has 114 valence electrons. The molecular weight excluding hydrogens is 288 g/mol. The molecule has 0 saturated carbocycles. The second-order valence-corrected chi connectivity index (χ2v) is 6.61. The number of benzene rings is 1. The molecule has 0 saturated heterocycles. The van der Waals surface area contributed by atoms with Crippen molar-refractivity contribution in [1.82, 2.24) is 19.0 Å². The Bertz CT molecular complexity index is 641. The van der Waals surface area contributed by atoms with Gasteiger partial charge in [0.2, 0.25) is 0 Å². The lowest BCUT2D eigenvalue weighted by Gasteiger charge is -2.21. The third-order valence-corrected chi connectivity index (χ3v) is 4.74. The summed E-state index contributed by atoms with van der Waals surface area (Å²) in [6.45, 7) is 2.23. The standard InChI is InChI=1S/C14H20N4O2S/c1-3-13(14-15-9-10-16-14)17-21(19,20)18(2)11-12-7-5-4-6-8-12/h4-10,13,17H,3,11H2,1-2H3,(H,15,16). The SMILES string of the molecule is CCC(NS(=O)(=O)N(C)Cc1ccccc1)c1ncc[nH]1. The number of nitrogens with zero attached hydrogens (tertiary/aromatic N) is 2. The van der Waals surface area contributed by atoms with Crippen molar-refractivity contribution in [3.63, 3.8) is 0 Å². The van der Waals surface area contributed by atoms with Gasteiger partial charge in [0.25, 0.3) is 10.2 Å². The van der Waals surface area contributed by atoms with Crippen LogP contribution in [-0.4, -0.2) is 29.7 Å². The number of aromatic nitrogens is 2. The van der Waals surface area contributed by atoms with E-state index in [4.69, 9.17) is 0 Å². The summed E-state index contributed by atoms with van der Waals surface area (Å²) < 4.78 is 28.7. The highest BCUT2D eigenvalue weighted by Gasteiger charge is 2.23. The maximum absolute atomic E-state index is 12.4. The van der Waals surface area contributed by atoms with Gasteiger partial charge in [-0.05, 0) is 12.0 Å². The van der Waals surface area contributed by atoms with E-state index in [-0.39, 0.29) is 6.04 Å². The Morgan fingerprint density at radius 1 is 1.33 bits per heavy atom. The van der Waals surface area contributed by atoms with Crippen molar-refractivity contribution in [2.75, 3.05) is 7.05 Å². The van der Waals surface area contributed by atoms with Crippen LogP contribution in [0.3, 0.4) is 0 Å². The molecule has 0 amide bonds. The number of hydrogen-bond donors (Lipinski definition) is 2. The number of nitrogens with one attached hydrogen (secondary N) is 2. The molecule has 7 heteroatoms. The number of aromatic amines is 1. The van der Waals surface area contributed by atoms with Crippen molar-refractivity contribution in [2.45, 2.75) is 25.9 Å². The highest BCUT2D eigenvalue weighted by Crippen LogP contribution is 2.15. The first-order chi connectivity index (χ1) is 10.0. The molecule has 0 bridgehead atoms. The van der Waals surface area contributed by atoms with Crippen molar-refractivity contribution in [3.8, 4) is 0 Å². The summed E-state index contributed by atoms with van der Waals surface area (Å²) >= 11 is 0. The molecule has 0 aliphatic carbocycles. The fraction of sp³-hybridized carbons (Fsp3) is 0.357. The van der Waals surface area contributed by atoms with E-state index in [0.717, 1.165) is 5.56 Å². The molecule has 0 fully saturated rings. The Labute approximate surface area is 125 Å². The first-order valence-electron chi connectivity index (χ1n) is 6.79. The molecule has 1 heterocycles. The average molecular weight is 308 g/mol. The molecule has 2 rings (SSSR count). The van der Waals surface area contributed by atoms with Gasteiger partial charge in [0.1, 0.15) is 5.82 Å². The Kier molecular flexibility index (Phi) is 5.11. The molecule has 0 aliphatic heterocycles. The Morgan fingerprint density at radius 2 is 2.05 bits per heavy atom. The minimum atomic E-state index is -3.57. The zero-order valence-electron chi connectivity index (χ0n) is 12.2. The molecule has 6 nitrogen and oxygen atoms in total. The van der Waals surface area contributed by atoms with Crippen LogP contribution in [-0.2, 0) is 16.8 Å². The second-order valence-electron chi connectivity index (χ2n) is 4.80. The van der Waals surface area contributed by atoms with Crippen molar-refractivity contribution in [3.05, 3.63) is 54.1 Å². The number of H-pyrrole nitrogens is 1. The Hall–Kier alpha value is -1.70. The van der Waals surface area contributed by atoms with Crippen LogP contribution in [0.25, 0.3) is 0 Å². The second kappa shape index (κ2) is 6.84. The average Bonchev–Trinajstić information content (AvgIpc) is 3.00. The predicted octanol–water partition coefficient (Wildman–Crippen LogP) is 1.83. The van der Waals surface area contributed by atoms with Gasteiger partial charge >= 0.3 is 0 Å². The van der Waals surface area contributed by atoms with Crippen molar-refractivity contribution in [1.29, 1.82) is 0 Å². The summed E-state index contributed by atoms with van der Waals surface area (Å²) in [7, 11) is -2.01. The number of hydrogen-bond acceptors (Lipinski definition) is 3. The van der Waals surface area contributed by atoms with Crippen molar-refractivity contribution in [2.24, 2.45) is 0 Å². The van der Waals surface area contributed by atoms with E-state index >= 15 is 0 Å². The number of imidazole rings is 1. The summed E-state index contributed by atoms with van der Waals surface area (Å²) in [5.74, 6) is 0.620. The predicted molar refractivity (Wildman–Crippen MR) is 81.6 cm³/mol. The monoisotopic (exact) mass is 308 g/mol. The van der Waals surface area contributed by atoms with Crippen molar-refractivity contribution >= 4 is 10.2 Å². The molecule has 2 aromatic rings. The highest BCUT2D eigenvalue weighted by atomic mass is 32.2. The fourth-order valence-corrected chi connectivity index (χ4v) is 3.13. The Morgan fingerprint density at radius 3 is 2.62 bits per heavy atom. The van der Waals surface area contributed by atoms with Gasteiger partial charge in [-0.2, -0.15) is 17.4 Å². The van der Waals surface area contributed by atoms with E-state index in [9.17, 15) is 8.42 Å². The van der Waals surface area contributed by atoms with E-state index in [1.54, 1.807) is 19.4 Å². The molecule has 1 atom stereocenters. The van der Waals surface area contributed by atoms with Gasteiger partial charge < -0.3 is 4.98 Å². The smallest absolute Gasteiger partial charge is 0.280 e. The van der Waals surface area contributed by atoms with Crippen LogP contribution in [0.5, 0.6) is 0 Å². The molecule has 0 radical (unpaired) electrons. The third kappa shape index (κ3) is 4.13. The highest BCUT2D eigenvalue weighted by molar-refractivity contribution is 7.87. The zero-order chi connectivity index (χ0) is 15.3. The molecule has 2 N–H and O–H groups in total. The molecule has 21 heavy (non-hydrogen) atoms. The van der Waals surface area contributed by atoms with Gasteiger partial charge in [-0.25, -0.2) is 4.98 Å². The van der Waals surface area contributed by atoms with E-state index in [1.165, 1.54) is 4.31 Å². The fourth-order valence-electron chi connectivity index (χ4n) is 2.00. The van der Waals surface area contributed by atoms with Gasteiger partial charge in [-0.1, -0.05) is 37.3 Å². The van der Waals surface area contributed by atoms with Gasteiger partial charge in [-0.3, -0.25) is 0 Å². The lowest BCUT2D eigenvalue weighted by molar-refractivity contribution is 0.439. The van der Waals surface area contributed by atoms with Crippen LogP contribution in [0.2, 0.25) is 0 Å². The molecule has 0 aliphatic rings. The van der Waals surface area contributed by atoms with Gasteiger partial charge in [0, 0.05) is 26.0 Å². The van der Waals surface area contributed by atoms with Gasteiger partial charge in [-0.15, -0.1) is 0 Å². The topological polar surface area (TPSA) is 78.1 Å². The van der Waals surface area contributed by atoms with Crippen LogP contribution in [0.15, 0.2) is 42.7 Å². The Balaban J connectivity index is 2.06. The van der Waals surface area contributed by atoms with E-state index in [1.807, 2.05) is 37.3 Å². The van der Waals surface area contributed by atoms with Crippen LogP contribution in [0.4, 0.5) is 0 Å². The van der Waals surface area contributed by atoms with Crippen molar-refractivity contribution < 1.29 is 8.42 Å². The van der Waals surface area contributed by atoms with E-state index in [0.29, 0.717) is 18.8 Å². The minimum Gasteiger partial charge on any atom is -0.347 e.